The van der Waals surface area contributed by atoms with Crippen molar-refractivity contribution in [2.24, 2.45) is 5.10 Å². The third-order valence-corrected chi connectivity index (χ3v) is 7.38. The van der Waals surface area contributed by atoms with Gasteiger partial charge in [0.15, 0.2) is 11.5 Å². The molecule has 3 aromatic rings. The topological polar surface area (TPSA) is 52.5 Å². The third kappa shape index (κ3) is 6.16. The van der Waals surface area contributed by atoms with E-state index < -0.39 is 0 Å². The van der Waals surface area contributed by atoms with Gasteiger partial charge in [0.1, 0.15) is 11.5 Å². The molecule has 0 aromatic heterocycles. The van der Waals surface area contributed by atoms with Gasteiger partial charge in [0.05, 0.1) is 32.1 Å². The highest BCUT2D eigenvalue weighted by Gasteiger charge is 2.41. The van der Waals surface area contributed by atoms with Gasteiger partial charge in [-0.2, -0.15) is 5.10 Å². The van der Waals surface area contributed by atoms with Crippen molar-refractivity contribution in [3.8, 4) is 23.0 Å². The predicted octanol–water partition coefficient (Wildman–Crippen LogP) is 8.08. The maximum Gasteiger partial charge on any atom is 0.214 e. The van der Waals surface area contributed by atoms with Crippen molar-refractivity contribution >= 4 is 5.71 Å². The molecule has 3 aromatic carbocycles. The molecule has 6 nitrogen and oxygen atoms in total. The van der Waals surface area contributed by atoms with Gasteiger partial charge in [-0.3, -0.25) is 0 Å². The van der Waals surface area contributed by atoms with Crippen LogP contribution in [0.5, 0.6) is 23.0 Å². The molecule has 0 unspecified atom stereocenters. The number of para-hydroxylation sites is 1. The van der Waals surface area contributed by atoms with E-state index in [9.17, 15) is 0 Å². The first kappa shape index (κ1) is 26.9. The lowest BCUT2D eigenvalue weighted by Crippen LogP contribution is -2.33. The van der Waals surface area contributed by atoms with Crippen LogP contribution in [0, 0.1) is 0 Å². The Kier molecular flexibility index (Phi) is 8.92. The van der Waals surface area contributed by atoms with Gasteiger partial charge in [-0.1, -0.05) is 57.7 Å². The van der Waals surface area contributed by atoms with Crippen LogP contribution >= 0.6 is 0 Å². The number of hydrogen-bond donors (Lipinski definition) is 0. The summed E-state index contributed by atoms with van der Waals surface area (Å²) in [7, 11) is 1.69. The van der Waals surface area contributed by atoms with Gasteiger partial charge in [0.2, 0.25) is 6.23 Å². The molecular weight excluding hydrogens is 488 g/mol. The summed E-state index contributed by atoms with van der Waals surface area (Å²) >= 11 is 0. The number of hydrazone groups is 1. The van der Waals surface area contributed by atoms with Gasteiger partial charge >= 0.3 is 0 Å². The summed E-state index contributed by atoms with van der Waals surface area (Å²) in [6.45, 7) is 5.82. The molecule has 0 amide bonds. The second kappa shape index (κ2) is 12.9. The molecule has 0 radical (unpaired) electrons. The van der Waals surface area contributed by atoms with E-state index in [4.69, 9.17) is 24.0 Å². The highest BCUT2D eigenvalue weighted by atomic mass is 16.5. The molecule has 5 rings (SSSR count). The first-order chi connectivity index (χ1) is 19.2. The van der Waals surface area contributed by atoms with Crippen LogP contribution in [0.4, 0.5) is 0 Å². The average molecular weight is 529 g/mol. The molecule has 0 saturated heterocycles. The zero-order valence-electron chi connectivity index (χ0n) is 23.4. The Morgan fingerprint density at radius 3 is 2.44 bits per heavy atom. The quantitative estimate of drug-likeness (QED) is 0.210. The van der Waals surface area contributed by atoms with Gasteiger partial charge in [0, 0.05) is 17.5 Å². The fraction of sp³-hybridized carbons (Fsp3) is 0.424. The van der Waals surface area contributed by atoms with E-state index in [1.165, 1.54) is 19.3 Å². The van der Waals surface area contributed by atoms with E-state index in [1.54, 1.807) is 7.11 Å². The molecule has 0 bridgehead atoms. The summed E-state index contributed by atoms with van der Waals surface area (Å²) in [5.74, 6) is 3.27. The lowest BCUT2D eigenvalue weighted by atomic mass is 9.96. The number of ether oxygens (including phenoxy) is 4. The van der Waals surface area contributed by atoms with E-state index in [0.717, 1.165) is 71.9 Å². The van der Waals surface area contributed by atoms with Crippen LogP contribution in [0.15, 0.2) is 71.8 Å². The largest absolute Gasteiger partial charge is 0.494 e. The van der Waals surface area contributed by atoms with Crippen LogP contribution in [0.1, 0.15) is 87.8 Å². The Morgan fingerprint density at radius 2 is 1.64 bits per heavy atom. The van der Waals surface area contributed by atoms with Crippen molar-refractivity contribution in [1.29, 1.82) is 0 Å². The summed E-state index contributed by atoms with van der Waals surface area (Å²) in [6.07, 6.45) is 7.28. The first-order valence-electron chi connectivity index (χ1n) is 14.4. The Morgan fingerprint density at radius 1 is 0.846 bits per heavy atom. The van der Waals surface area contributed by atoms with Crippen LogP contribution in [-0.2, 0) is 0 Å². The average Bonchev–Trinajstić information content (AvgIpc) is 3.43. The van der Waals surface area contributed by atoms with E-state index in [0.29, 0.717) is 12.4 Å². The molecular formula is C33H40N2O4. The molecule has 0 N–H and O–H groups in total. The van der Waals surface area contributed by atoms with Crippen LogP contribution in [-0.4, -0.2) is 31.0 Å². The maximum absolute atomic E-state index is 6.56. The number of fused-ring (bicyclic) bond motifs is 3. The summed E-state index contributed by atoms with van der Waals surface area (Å²) in [6, 6.07) is 22.7. The fourth-order valence-corrected chi connectivity index (χ4v) is 5.17. The standard InChI is InChI=1S/C33H40N2O4/c1-4-6-8-11-21-38-31-19-16-25(22-32(31)36-3)33-35-29(27-12-9-10-13-30(27)39-33)23-28(34-35)24-14-17-26(18-15-24)37-20-7-5-2/h9-10,12-19,22,29,33H,4-8,11,20-21,23H2,1-3H3/t29-,33-/m1/s1. The van der Waals surface area contributed by atoms with Gasteiger partial charge in [-0.15, -0.1) is 0 Å². The molecule has 2 atom stereocenters. The monoisotopic (exact) mass is 528 g/mol. The van der Waals surface area contributed by atoms with Gasteiger partial charge < -0.3 is 18.9 Å². The van der Waals surface area contributed by atoms with E-state index in [2.05, 4.69) is 49.2 Å². The Bertz CT molecular complexity index is 1260. The molecule has 0 saturated carbocycles. The minimum atomic E-state index is -0.369. The molecule has 6 heteroatoms. The minimum absolute atomic E-state index is 0.0934. The number of nitrogens with zero attached hydrogens (tertiary/aromatic N) is 2. The van der Waals surface area contributed by atoms with Crippen LogP contribution in [0.2, 0.25) is 0 Å². The lowest BCUT2D eigenvalue weighted by molar-refractivity contribution is -0.0191. The molecule has 2 aliphatic heterocycles. The molecule has 2 heterocycles. The van der Waals surface area contributed by atoms with Crippen LogP contribution < -0.4 is 18.9 Å². The van der Waals surface area contributed by atoms with Crippen molar-refractivity contribution in [2.45, 2.75) is 71.1 Å². The van der Waals surface area contributed by atoms with Gasteiger partial charge in [0.25, 0.3) is 0 Å². The van der Waals surface area contributed by atoms with Crippen LogP contribution in [0.3, 0.4) is 0 Å². The first-order valence-corrected chi connectivity index (χ1v) is 14.4. The highest BCUT2D eigenvalue weighted by Crippen LogP contribution is 2.48. The van der Waals surface area contributed by atoms with Crippen molar-refractivity contribution in [2.75, 3.05) is 20.3 Å². The molecule has 0 aliphatic carbocycles. The van der Waals surface area contributed by atoms with Crippen molar-refractivity contribution in [1.82, 2.24) is 5.01 Å². The predicted molar refractivity (Wildman–Crippen MR) is 155 cm³/mol. The Balaban J connectivity index is 1.38. The second-order valence-corrected chi connectivity index (χ2v) is 10.2. The van der Waals surface area contributed by atoms with E-state index >= 15 is 0 Å². The smallest absolute Gasteiger partial charge is 0.214 e. The SMILES string of the molecule is CCCCCCOc1ccc([C@H]2Oc3ccccc3[C@H]3CC(c4ccc(OCCCC)cc4)=NN32)cc1OC. The summed E-state index contributed by atoms with van der Waals surface area (Å²) in [5.41, 5.74) is 4.29. The molecule has 0 spiro atoms. The Hall–Kier alpha value is -3.67. The molecule has 206 valence electrons. The zero-order valence-corrected chi connectivity index (χ0v) is 23.4. The van der Waals surface area contributed by atoms with Crippen molar-refractivity contribution < 1.29 is 18.9 Å². The van der Waals surface area contributed by atoms with Crippen molar-refractivity contribution in [3.05, 3.63) is 83.4 Å². The normalized spacial score (nSPS) is 17.6. The van der Waals surface area contributed by atoms with Crippen LogP contribution in [0.25, 0.3) is 0 Å². The summed E-state index contributed by atoms with van der Waals surface area (Å²) in [5, 5.41) is 7.21. The lowest BCUT2D eigenvalue weighted by Gasteiger charge is -2.38. The number of benzene rings is 3. The van der Waals surface area contributed by atoms with Crippen molar-refractivity contribution in [3.63, 3.8) is 0 Å². The fourth-order valence-electron chi connectivity index (χ4n) is 5.17. The highest BCUT2D eigenvalue weighted by molar-refractivity contribution is 6.02. The molecule has 0 fully saturated rings. The maximum atomic E-state index is 6.56. The second-order valence-electron chi connectivity index (χ2n) is 10.2. The van der Waals surface area contributed by atoms with Gasteiger partial charge in [-0.05, 0) is 66.9 Å². The Labute approximate surface area is 232 Å². The summed E-state index contributed by atoms with van der Waals surface area (Å²) < 4.78 is 24.2. The molecule has 2 aliphatic rings. The third-order valence-electron chi connectivity index (χ3n) is 7.38. The van der Waals surface area contributed by atoms with E-state index in [-0.39, 0.29) is 12.3 Å². The van der Waals surface area contributed by atoms with Gasteiger partial charge in [-0.25, -0.2) is 5.01 Å². The number of hydrogen-bond acceptors (Lipinski definition) is 6. The number of unbranched alkanes of at least 4 members (excludes halogenated alkanes) is 4. The number of rotatable bonds is 13. The van der Waals surface area contributed by atoms with E-state index in [1.807, 2.05) is 36.4 Å². The number of methoxy groups -OCH3 is 1. The summed E-state index contributed by atoms with van der Waals surface area (Å²) in [4.78, 5) is 0. The zero-order chi connectivity index (χ0) is 27.0. The molecule has 39 heavy (non-hydrogen) atoms. The minimum Gasteiger partial charge on any atom is -0.494 e.